The molecule has 0 saturated carbocycles. The van der Waals surface area contributed by atoms with Gasteiger partial charge in [0.25, 0.3) is 5.91 Å². The van der Waals surface area contributed by atoms with Gasteiger partial charge >= 0.3 is 0 Å². The smallest absolute Gasteiger partial charge is 0.251 e. The number of amides is 2. The highest BCUT2D eigenvalue weighted by Crippen LogP contribution is 2.29. The van der Waals surface area contributed by atoms with Crippen LogP contribution in [0.4, 0.5) is 0 Å². The van der Waals surface area contributed by atoms with Crippen molar-refractivity contribution >= 4 is 22.7 Å². The lowest BCUT2D eigenvalue weighted by Crippen LogP contribution is -2.38. The van der Waals surface area contributed by atoms with Gasteiger partial charge in [0.1, 0.15) is 5.52 Å². The molecule has 1 heterocycles. The molecular weight excluding hydrogens is 378 g/mol. The summed E-state index contributed by atoms with van der Waals surface area (Å²) in [4.78, 5) is 24.8. The third-order valence-electron chi connectivity index (χ3n) is 4.86. The van der Waals surface area contributed by atoms with Gasteiger partial charge in [0.15, 0.2) is 5.76 Å². The van der Waals surface area contributed by atoms with Crippen molar-refractivity contribution < 1.29 is 14.1 Å². The maximum atomic E-state index is 12.6. The SMILES string of the molecule is C[C@@H](NC(=O)CNC(=O)c1ccc2noc(-c3ccccc3)c2c1)c1ccccc1. The number of nitrogens with zero attached hydrogens (tertiary/aromatic N) is 1. The second-order valence-corrected chi connectivity index (χ2v) is 6.99. The maximum Gasteiger partial charge on any atom is 0.251 e. The van der Waals surface area contributed by atoms with Crippen molar-refractivity contribution in [3.8, 4) is 11.3 Å². The number of rotatable bonds is 6. The highest BCUT2D eigenvalue weighted by atomic mass is 16.5. The predicted octanol–water partition coefficient (Wildman–Crippen LogP) is 4.10. The van der Waals surface area contributed by atoms with Crippen molar-refractivity contribution in [1.82, 2.24) is 15.8 Å². The molecule has 0 fully saturated rings. The summed E-state index contributed by atoms with van der Waals surface area (Å²) in [6.45, 7) is 1.79. The molecule has 0 unspecified atom stereocenters. The van der Waals surface area contributed by atoms with Crippen LogP contribution in [0.25, 0.3) is 22.2 Å². The van der Waals surface area contributed by atoms with Gasteiger partial charge in [-0.25, -0.2) is 0 Å². The average Bonchev–Trinajstić information content (AvgIpc) is 3.22. The van der Waals surface area contributed by atoms with E-state index in [1.54, 1.807) is 18.2 Å². The molecule has 6 heteroatoms. The Hall–Kier alpha value is -3.93. The van der Waals surface area contributed by atoms with Crippen molar-refractivity contribution in [3.63, 3.8) is 0 Å². The average molecular weight is 399 g/mol. The minimum Gasteiger partial charge on any atom is -0.355 e. The van der Waals surface area contributed by atoms with E-state index in [0.717, 1.165) is 16.5 Å². The molecular formula is C24H21N3O3. The van der Waals surface area contributed by atoms with Gasteiger partial charge in [0.05, 0.1) is 18.0 Å². The van der Waals surface area contributed by atoms with Crippen LogP contribution in [0.2, 0.25) is 0 Å². The molecule has 150 valence electrons. The number of aromatic nitrogens is 1. The van der Waals surface area contributed by atoms with Crippen LogP contribution in [-0.2, 0) is 4.79 Å². The monoisotopic (exact) mass is 399 g/mol. The molecule has 0 aliphatic heterocycles. The first-order valence-electron chi connectivity index (χ1n) is 9.69. The number of carbonyl (C=O) groups excluding carboxylic acids is 2. The van der Waals surface area contributed by atoms with Gasteiger partial charge in [-0.05, 0) is 30.7 Å². The third-order valence-corrected chi connectivity index (χ3v) is 4.86. The Morgan fingerprint density at radius 3 is 2.40 bits per heavy atom. The summed E-state index contributed by atoms with van der Waals surface area (Å²) in [7, 11) is 0. The Morgan fingerprint density at radius 1 is 0.967 bits per heavy atom. The zero-order valence-electron chi connectivity index (χ0n) is 16.5. The summed E-state index contributed by atoms with van der Waals surface area (Å²) in [6.07, 6.45) is 0. The Labute approximate surface area is 173 Å². The molecule has 6 nitrogen and oxygen atoms in total. The van der Waals surface area contributed by atoms with Gasteiger partial charge < -0.3 is 15.2 Å². The highest BCUT2D eigenvalue weighted by molar-refractivity contribution is 6.02. The largest absolute Gasteiger partial charge is 0.355 e. The molecule has 4 aromatic rings. The topological polar surface area (TPSA) is 84.2 Å². The number of nitrogens with one attached hydrogen (secondary N) is 2. The third kappa shape index (κ3) is 4.22. The van der Waals surface area contributed by atoms with Crippen LogP contribution in [0.5, 0.6) is 0 Å². The van der Waals surface area contributed by atoms with E-state index in [2.05, 4.69) is 15.8 Å². The lowest BCUT2D eigenvalue weighted by molar-refractivity contribution is -0.120. The Morgan fingerprint density at radius 2 is 1.67 bits per heavy atom. The van der Waals surface area contributed by atoms with Crippen LogP contribution in [0.15, 0.2) is 83.4 Å². The summed E-state index contributed by atoms with van der Waals surface area (Å²) in [5.41, 5.74) is 2.99. The fraction of sp³-hybridized carbons (Fsp3) is 0.125. The van der Waals surface area contributed by atoms with Gasteiger partial charge in [0.2, 0.25) is 5.91 Å². The first-order chi connectivity index (χ1) is 14.6. The first kappa shape index (κ1) is 19.4. The Balaban J connectivity index is 1.43. The predicted molar refractivity (Wildman–Crippen MR) is 115 cm³/mol. The van der Waals surface area contributed by atoms with Crippen LogP contribution in [0, 0.1) is 0 Å². The van der Waals surface area contributed by atoms with Crippen molar-refractivity contribution in [2.75, 3.05) is 6.54 Å². The van der Waals surface area contributed by atoms with E-state index in [0.29, 0.717) is 16.8 Å². The van der Waals surface area contributed by atoms with E-state index in [9.17, 15) is 9.59 Å². The lowest BCUT2D eigenvalue weighted by atomic mass is 10.1. The van der Waals surface area contributed by atoms with Crippen LogP contribution in [0.1, 0.15) is 28.9 Å². The van der Waals surface area contributed by atoms with Gasteiger partial charge in [-0.1, -0.05) is 65.8 Å². The van der Waals surface area contributed by atoms with E-state index in [-0.39, 0.29) is 24.4 Å². The summed E-state index contributed by atoms with van der Waals surface area (Å²) in [5, 5.41) is 10.4. The number of hydrogen-bond acceptors (Lipinski definition) is 4. The molecule has 2 amide bonds. The highest BCUT2D eigenvalue weighted by Gasteiger charge is 2.15. The fourth-order valence-corrected chi connectivity index (χ4v) is 3.26. The number of carbonyl (C=O) groups is 2. The molecule has 1 atom stereocenters. The lowest BCUT2D eigenvalue weighted by Gasteiger charge is -2.14. The van der Waals surface area contributed by atoms with Crippen LogP contribution in [0.3, 0.4) is 0 Å². The van der Waals surface area contributed by atoms with Crippen LogP contribution < -0.4 is 10.6 Å². The normalized spacial score (nSPS) is 11.8. The molecule has 0 aliphatic rings. The number of hydrogen-bond donors (Lipinski definition) is 2. The summed E-state index contributed by atoms with van der Waals surface area (Å²) in [5.74, 6) is 0.0186. The Kier molecular flexibility index (Phi) is 5.57. The summed E-state index contributed by atoms with van der Waals surface area (Å²) in [6, 6.07) is 24.2. The molecule has 0 saturated heterocycles. The first-order valence-corrected chi connectivity index (χ1v) is 9.69. The molecule has 3 aromatic carbocycles. The minimum atomic E-state index is -0.334. The minimum absolute atomic E-state index is 0.108. The quantitative estimate of drug-likeness (QED) is 0.511. The molecule has 0 aliphatic carbocycles. The van der Waals surface area contributed by atoms with Gasteiger partial charge in [0, 0.05) is 11.1 Å². The van der Waals surface area contributed by atoms with Gasteiger partial charge in [-0.15, -0.1) is 0 Å². The summed E-state index contributed by atoms with van der Waals surface area (Å²) >= 11 is 0. The van der Waals surface area contributed by atoms with Crippen molar-refractivity contribution in [2.24, 2.45) is 0 Å². The fourth-order valence-electron chi connectivity index (χ4n) is 3.26. The standard InChI is InChI=1S/C24H21N3O3/c1-16(17-8-4-2-5-9-17)26-22(28)15-25-24(29)19-12-13-21-20(14-19)23(30-27-21)18-10-6-3-7-11-18/h2-14,16H,15H2,1H3,(H,25,29)(H,26,28)/t16-/m1/s1. The Bertz CT molecular complexity index is 1170. The second kappa shape index (κ2) is 8.61. The maximum absolute atomic E-state index is 12.6. The molecule has 1 aromatic heterocycles. The van der Waals surface area contributed by atoms with Crippen molar-refractivity contribution in [1.29, 1.82) is 0 Å². The van der Waals surface area contributed by atoms with Crippen molar-refractivity contribution in [2.45, 2.75) is 13.0 Å². The van der Waals surface area contributed by atoms with Crippen molar-refractivity contribution in [3.05, 3.63) is 90.0 Å². The molecule has 30 heavy (non-hydrogen) atoms. The summed E-state index contributed by atoms with van der Waals surface area (Å²) < 4.78 is 5.47. The molecule has 4 rings (SSSR count). The van der Waals surface area contributed by atoms with Gasteiger partial charge in [-0.3, -0.25) is 9.59 Å². The number of benzene rings is 3. The number of fused-ring (bicyclic) bond motifs is 1. The zero-order chi connectivity index (χ0) is 20.9. The van der Waals surface area contributed by atoms with E-state index >= 15 is 0 Å². The second-order valence-electron chi connectivity index (χ2n) is 6.99. The van der Waals surface area contributed by atoms with Crippen LogP contribution >= 0.6 is 0 Å². The van der Waals surface area contributed by atoms with E-state index in [1.807, 2.05) is 67.6 Å². The van der Waals surface area contributed by atoms with Gasteiger partial charge in [-0.2, -0.15) is 0 Å². The zero-order valence-corrected chi connectivity index (χ0v) is 16.5. The molecule has 0 radical (unpaired) electrons. The van der Waals surface area contributed by atoms with E-state index < -0.39 is 0 Å². The molecule has 0 bridgehead atoms. The van der Waals surface area contributed by atoms with Crippen LogP contribution in [-0.4, -0.2) is 23.5 Å². The van der Waals surface area contributed by atoms with E-state index in [1.165, 1.54) is 0 Å². The van der Waals surface area contributed by atoms with E-state index in [4.69, 9.17) is 4.52 Å². The molecule has 2 N–H and O–H groups in total. The molecule has 0 spiro atoms.